The molecule has 1 aromatic carbocycles. The van der Waals surface area contributed by atoms with Gasteiger partial charge in [-0.05, 0) is 60.3 Å². The molecule has 136 valence electrons. The van der Waals surface area contributed by atoms with Crippen molar-refractivity contribution in [3.8, 4) is 0 Å². The summed E-state index contributed by atoms with van der Waals surface area (Å²) in [6.45, 7) is 3.98. The van der Waals surface area contributed by atoms with Crippen molar-refractivity contribution in [2.75, 3.05) is 11.9 Å². The Balaban J connectivity index is 1.96. The van der Waals surface area contributed by atoms with E-state index in [0.29, 0.717) is 11.6 Å². The molecule has 0 bridgehead atoms. The molecule has 1 aromatic rings. The molecular formula is C20H28N2O3. The van der Waals surface area contributed by atoms with Gasteiger partial charge in [0.25, 0.3) is 0 Å². The Morgan fingerprint density at radius 2 is 2.20 bits per heavy atom. The number of fused-ring (bicyclic) bond motifs is 3. The van der Waals surface area contributed by atoms with Gasteiger partial charge in [0.2, 0.25) is 5.91 Å². The molecule has 0 spiro atoms. The van der Waals surface area contributed by atoms with Crippen molar-refractivity contribution in [1.82, 2.24) is 0 Å². The van der Waals surface area contributed by atoms with E-state index < -0.39 is 6.04 Å². The molecular weight excluding hydrogens is 316 g/mol. The molecule has 4 atom stereocenters. The van der Waals surface area contributed by atoms with Gasteiger partial charge in [0, 0.05) is 11.1 Å². The van der Waals surface area contributed by atoms with Gasteiger partial charge in [-0.1, -0.05) is 26.3 Å². The normalized spacial score (nSPS) is 32.2. The minimum atomic E-state index is -0.924. The fraction of sp³-hybridized carbons (Fsp3) is 0.600. The van der Waals surface area contributed by atoms with E-state index >= 15 is 0 Å². The molecule has 3 rings (SSSR count). The third kappa shape index (κ3) is 3.00. The van der Waals surface area contributed by atoms with Gasteiger partial charge in [0.05, 0.1) is 6.61 Å². The molecule has 0 saturated heterocycles. The van der Waals surface area contributed by atoms with E-state index in [0.717, 1.165) is 38.4 Å². The number of aldehydes is 1. The highest BCUT2D eigenvalue weighted by molar-refractivity contribution is 5.94. The summed E-state index contributed by atoms with van der Waals surface area (Å²) in [5, 5.41) is 11.8. The van der Waals surface area contributed by atoms with E-state index in [1.807, 2.05) is 12.1 Å². The Morgan fingerprint density at radius 3 is 2.88 bits per heavy atom. The highest BCUT2D eigenvalue weighted by Gasteiger charge is 2.51. The summed E-state index contributed by atoms with van der Waals surface area (Å²) in [5.74, 6) is -0.0641. The molecule has 25 heavy (non-hydrogen) atoms. The van der Waals surface area contributed by atoms with Crippen LogP contribution in [0.15, 0.2) is 18.2 Å². The van der Waals surface area contributed by atoms with E-state index in [9.17, 15) is 9.59 Å². The van der Waals surface area contributed by atoms with Crippen LogP contribution in [0.2, 0.25) is 0 Å². The number of benzene rings is 1. The number of aryl methyl sites for hydroxylation is 1. The van der Waals surface area contributed by atoms with Gasteiger partial charge in [-0.2, -0.15) is 0 Å². The van der Waals surface area contributed by atoms with E-state index in [1.54, 1.807) is 0 Å². The number of aliphatic hydroxyl groups excluding tert-OH is 1. The van der Waals surface area contributed by atoms with Crippen LogP contribution in [-0.4, -0.2) is 29.9 Å². The number of carbonyl (C=O) groups is 2. The van der Waals surface area contributed by atoms with E-state index in [4.69, 9.17) is 10.8 Å². The lowest BCUT2D eigenvalue weighted by Gasteiger charge is -2.53. The van der Waals surface area contributed by atoms with Gasteiger partial charge in [-0.15, -0.1) is 0 Å². The quantitative estimate of drug-likeness (QED) is 0.730. The highest BCUT2D eigenvalue weighted by Crippen LogP contribution is 2.56. The monoisotopic (exact) mass is 344 g/mol. The van der Waals surface area contributed by atoms with Crippen LogP contribution in [0.4, 0.5) is 5.69 Å². The molecule has 1 saturated carbocycles. The summed E-state index contributed by atoms with van der Waals surface area (Å²) in [5.41, 5.74) is 8.51. The molecule has 1 fully saturated rings. The SMILES string of the molecule is CC12CCC[C@](C)(C=O)C1CCc1ccc(NC(=O)C(N)CO)cc12. The zero-order chi connectivity index (χ0) is 18.2. The molecule has 2 aliphatic rings. The fourth-order valence-corrected chi connectivity index (χ4v) is 5.05. The lowest BCUT2D eigenvalue weighted by atomic mass is 9.50. The summed E-state index contributed by atoms with van der Waals surface area (Å²) >= 11 is 0. The van der Waals surface area contributed by atoms with Crippen molar-refractivity contribution in [1.29, 1.82) is 0 Å². The number of nitrogens with two attached hydrogens (primary N) is 1. The summed E-state index contributed by atoms with van der Waals surface area (Å²) in [7, 11) is 0. The van der Waals surface area contributed by atoms with Crippen molar-refractivity contribution >= 4 is 17.9 Å². The summed E-state index contributed by atoms with van der Waals surface area (Å²) in [4.78, 5) is 23.8. The Kier molecular flexibility index (Phi) is 4.73. The second kappa shape index (κ2) is 6.54. The van der Waals surface area contributed by atoms with Crippen LogP contribution in [-0.2, 0) is 21.4 Å². The molecule has 1 amide bonds. The van der Waals surface area contributed by atoms with Gasteiger partial charge in [0.15, 0.2) is 0 Å². The number of hydrogen-bond acceptors (Lipinski definition) is 4. The predicted octanol–water partition coefficient (Wildman–Crippen LogP) is 2.15. The maximum absolute atomic E-state index is 12.0. The Morgan fingerprint density at radius 1 is 1.44 bits per heavy atom. The molecule has 0 aliphatic heterocycles. The van der Waals surface area contributed by atoms with Crippen molar-refractivity contribution in [3.63, 3.8) is 0 Å². The van der Waals surface area contributed by atoms with E-state index in [1.165, 1.54) is 11.1 Å². The van der Waals surface area contributed by atoms with Crippen molar-refractivity contribution in [2.24, 2.45) is 17.1 Å². The zero-order valence-corrected chi connectivity index (χ0v) is 15.0. The number of anilines is 1. The average molecular weight is 344 g/mol. The zero-order valence-electron chi connectivity index (χ0n) is 15.0. The van der Waals surface area contributed by atoms with Crippen LogP contribution in [0.3, 0.4) is 0 Å². The van der Waals surface area contributed by atoms with Crippen LogP contribution < -0.4 is 11.1 Å². The van der Waals surface area contributed by atoms with Gasteiger partial charge < -0.3 is 21.0 Å². The van der Waals surface area contributed by atoms with Crippen molar-refractivity contribution in [2.45, 2.75) is 57.4 Å². The number of hydrogen-bond donors (Lipinski definition) is 3. The molecule has 5 heteroatoms. The van der Waals surface area contributed by atoms with Gasteiger partial charge in [-0.3, -0.25) is 4.79 Å². The van der Waals surface area contributed by atoms with Crippen LogP contribution in [0.25, 0.3) is 0 Å². The van der Waals surface area contributed by atoms with Crippen LogP contribution in [0.5, 0.6) is 0 Å². The maximum atomic E-state index is 12.0. The Bertz CT molecular complexity index is 690. The van der Waals surface area contributed by atoms with Crippen LogP contribution >= 0.6 is 0 Å². The Labute approximate surface area is 149 Å². The third-order valence-electron chi connectivity index (χ3n) is 6.47. The highest BCUT2D eigenvalue weighted by atomic mass is 16.3. The number of nitrogens with one attached hydrogen (secondary N) is 1. The van der Waals surface area contributed by atoms with Gasteiger partial charge in [0.1, 0.15) is 12.3 Å². The lowest BCUT2D eigenvalue weighted by molar-refractivity contribution is -0.123. The van der Waals surface area contributed by atoms with E-state index in [2.05, 4.69) is 25.2 Å². The number of aliphatic hydroxyl groups is 1. The minimum Gasteiger partial charge on any atom is -0.394 e. The maximum Gasteiger partial charge on any atom is 0.243 e. The first kappa shape index (κ1) is 18.1. The first-order valence-corrected chi connectivity index (χ1v) is 9.11. The molecule has 5 nitrogen and oxygen atoms in total. The topological polar surface area (TPSA) is 92.4 Å². The smallest absolute Gasteiger partial charge is 0.243 e. The number of rotatable bonds is 4. The fourth-order valence-electron chi connectivity index (χ4n) is 5.05. The van der Waals surface area contributed by atoms with Crippen molar-refractivity contribution in [3.05, 3.63) is 29.3 Å². The number of carbonyl (C=O) groups excluding carboxylic acids is 2. The minimum absolute atomic E-state index is 0.0542. The van der Waals surface area contributed by atoms with Crippen LogP contribution in [0, 0.1) is 11.3 Å². The lowest BCUT2D eigenvalue weighted by Crippen LogP contribution is -2.49. The molecule has 0 aromatic heterocycles. The first-order valence-electron chi connectivity index (χ1n) is 9.11. The summed E-state index contributed by atoms with van der Waals surface area (Å²) in [6, 6.07) is 5.09. The summed E-state index contributed by atoms with van der Waals surface area (Å²) in [6.07, 6.45) is 6.19. The van der Waals surface area contributed by atoms with Gasteiger partial charge in [-0.25, -0.2) is 0 Å². The predicted molar refractivity (Wildman–Crippen MR) is 97.3 cm³/mol. The standard InChI is InChI=1S/C20H28N2O3/c1-19(12-24)8-3-9-20(2)15-10-14(22-18(25)16(21)11-23)6-4-13(15)5-7-17(19)20/h4,6,10,12,16-17,23H,3,5,7-9,11,21H2,1-2H3,(H,22,25)/t16?,17?,19-,20?/m1/s1. The summed E-state index contributed by atoms with van der Waals surface area (Å²) < 4.78 is 0. The Hall–Kier alpha value is -1.72. The molecule has 4 N–H and O–H groups in total. The molecule has 3 unspecified atom stereocenters. The molecule has 0 heterocycles. The first-order chi connectivity index (χ1) is 11.8. The average Bonchev–Trinajstić information content (AvgIpc) is 2.61. The van der Waals surface area contributed by atoms with Gasteiger partial charge >= 0.3 is 0 Å². The van der Waals surface area contributed by atoms with Crippen LogP contribution in [0.1, 0.15) is 50.7 Å². The molecule has 0 radical (unpaired) electrons. The van der Waals surface area contributed by atoms with E-state index in [-0.39, 0.29) is 23.3 Å². The number of amides is 1. The largest absolute Gasteiger partial charge is 0.394 e. The second-order valence-electron chi connectivity index (χ2n) is 8.14. The third-order valence-corrected chi connectivity index (χ3v) is 6.47. The molecule has 2 aliphatic carbocycles. The second-order valence-corrected chi connectivity index (χ2v) is 8.14. The van der Waals surface area contributed by atoms with Crippen molar-refractivity contribution < 1.29 is 14.7 Å².